The minimum atomic E-state index is -3.03. The SMILES string of the molecule is CN=C(NCCc1ccc(C)cc1)N1CCS(=O)(=O)C(C)(C)C1. The number of sulfone groups is 1. The van der Waals surface area contributed by atoms with Gasteiger partial charge >= 0.3 is 0 Å². The highest BCUT2D eigenvalue weighted by molar-refractivity contribution is 7.92. The number of aliphatic imine (C=N–C) groups is 1. The maximum atomic E-state index is 12.1. The van der Waals surface area contributed by atoms with Crippen LogP contribution in [0.1, 0.15) is 25.0 Å². The molecule has 1 saturated heterocycles. The molecule has 1 aromatic rings. The van der Waals surface area contributed by atoms with Crippen LogP contribution in [0.3, 0.4) is 0 Å². The second kappa shape index (κ2) is 6.91. The Balaban J connectivity index is 1.92. The van der Waals surface area contributed by atoms with Crippen LogP contribution in [0.5, 0.6) is 0 Å². The molecule has 1 fully saturated rings. The predicted octanol–water partition coefficient (Wildman–Crippen LogP) is 1.62. The number of hydrogen-bond acceptors (Lipinski definition) is 3. The van der Waals surface area contributed by atoms with Crippen molar-refractivity contribution in [1.82, 2.24) is 10.2 Å². The molecule has 23 heavy (non-hydrogen) atoms. The fraction of sp³-hybridized carbons (Fsp3) is 0.588. The Kier molecular flexibility index (Phi) is 5.34. The first-order valence-corrected chi connectivity index (χ1v) is 9.64. The third kappa shape index (κ3) is 4.25. The van der Waals surface area contributed by atoms with Gasteiger partial charge in [0, 0.05) is 26.7 Å². The van der Waals surface area contributed by atoms with Gasteiger partial charge in [-0.2, -0.15) is 0 Å². The summed E-state index contributed by atoms with van der Waals surface area (Å²) in [4.78, 5) is 6.34. The van der Waals surface area contributed by atoms with Gasteiger partial charge in [-0.05, 0) is 32.8 Å². The Morgan fingerprint density at radius 2 is 1.96 bits per heavy atom. The second-order valence-corrected chi connectivity index (χ2v) is 9.45. The molecular weight excluding hydrogens is 310 g/mol. The number of benzene rings is 1. The number of guanidine groups is 1. The summed E-state index contributed by atoms with van der Waals surface area (Å²) in [6.07, 6.45) is 0.912. The Bertz CT molecular complexity index is 664. The number of rotatable bonds is 3. The summed E-state index contributed by atoms with van der Waals surface area (Å²) in [5.41, 5.74) is 2.54. The molecule has 0 saturated carbocycles. The van der Waals surface area contributed by atoms with E-state index in [4.69, 9.17) is 0 Å². The lowest BCUT2D eigenvalue weighted by Gasteiger charge is -2.39. The zero-order chi connectivity index (χ0) is 17.1. The summed E-state index contributed by atoms with van der Waals surface area (Å²) >= 11 is 0. The lowest BCUT2D eigenvalue weighted by Crippen LogP contribution is -2.57. The minimum Gasteiger partial charge on any atom is -0.356 e. The third-order valence-corrected chi connectivity index (χ3v) is 6.91. The monoisotopic (exact) mass is 337 g/mol. The topological polar surface area (TPSA) is 61.8 Å². The quantitative estimate of drug-likeness (QED) is 0.672. The van der Waals surface area contributed by atoms with Gasteiger partial charge in [-0.3, -0.25) is 4.99 Å². The van der Waals surface area contributed by atoms with Crippen molar-refractivity contribution in [3.63, 3.8) is 0 Å². The van der Waals surface area contributed by atoms with Gasteiger partial charge < -0.3 is 10.2 Å². The van der Waals surface area contributed by atoms with Gasteiger partial charge in [-0.25, -0.2) is 8.42 Å². The second-order valence-electron chi connectivity index (χ2n) is 6.71. The molecule has 0 bridgehead atoms. The Morgan fingerprint density at radius 1 is 1.30 bits per heavy atom. The summed E-state index contributed by atoms with van der Waals surface area (Å²) < 4.78 is 23.5. The Morgan fingerprint density at radius 3 is 2.52 bits per heavy atom. The molecule has 0 amide bonds. The molecule has 0 aromatic heterocycles. The van der Waals surface area contributed by atoms with E-state index >= 15 is 0 Å². The van der Waals surface area contributed by atoms with E-state index < -0.39 is 14.6 Å². The van der Waals surface area contributed by atoms with Crippen LogP contribution >= 0.6 is 0 Å². The van der Waals surface area contributed by atoms with Crippen LogP contribution in [0.25, 0.3) is 0 Å². The summed E-state index contributed by atoms with van der Waals surface area (Å²) in [5.74, 6) is 0.957. The van der Waals surface area contributed by atoms with E-state index in [2.05, 4.69) is 41.5 Å². The molecule has 0 aliphatic carbocycles. The maximum absolute atomic E-state index is 12.1. The fourth-order valence-electron chi connectivity index (χ4n) is 2.73. The van der Waals surface area contributed by atoms with Crippen molar-refractivity contribution in [1.29, 1.82) is 0 Å². The number of hydrogen-bond donors (Lipinski definition) is 1. The summed E-state index contributed by atoms with van der Waals surface area (Å²) in [5, 5.41) is 3.35. The average molecular weight is 337 g/mol. The van der Waals surface area contributed by atoms with E-state index in [-0.39, 0.29) is 5.75 Å². The number of nitrogens with zero attached hydrogens (tertiary/aromatic N) is 2. The average Bonchev–Trinajstić information content (AvgIpc) is 2.49. The standard InChI is InChI=1S/C17H27N3O2S/c1-14-5-7-15(8-6-14)9-10-19-16(18-4)20-11-12-23(21,22)17(2,3)13-20/h5-8H,9-13H2,1-4H3,(H,18,19). The molecule has 0 radical (unpaired) electrons. The molecule has 1 N–H and O–H groups in total. The summed E-state index contributed by atoms with van der Waals surface area (Å²) in [7, 11) is -1.29. The van der Waals surface area contributed by atoms with Gasteiger partial charge in [0.1, 0.15) is 0 Å². The molecule has 1 aliphatic heterocycles. The molecule has 128 valence electrons. The minimum absolute atomic E-state index is 0.179. The molecule has 1 heterocycles. The van der Waals surface area contributed by atoms with E-state index in [0.29, 0.717) is 13.1 Å². The molecular formula is C17H27N3O2S. The van der Waals surface area contributed by atoms with Crippen molar-refractivity contribution >= 4 is 15.8 Å². The lowest BCUT2D eigenvalue weighted by molar-refractivity contribution is 0.353. The van der Waals surface area contributed by atoms with Crippen LogP contribution in [0.4, 0.5) is 0 Å². The van der Waals surface area contributed by atoms with Crippen molar-refractivity contribution in [3.8, 4) is 0 Å². The van der Waals surface area contributed by atoms with Crippen LogP contribution in [-0.4, -0.2) is 56.5 Å². The van der Waals surface area contributed by atoms with E-state index in [0.717, 1.165) is 18.9 Å². The van der Waals surface area contributed by atoms with Crippen LogP contribution in [0.2, 0.25) is 0 Å². The Hall–Kier alpha value is -1.56. The molecule has 5 nitrogen and oxygen atoms in total. The fourth-order valence-corrected chi connectivity index (χ4v) is 4.10. The van der Waals surface area contributed by atoms with E-state index in [1.165, 1.54) is 11.1 Å². The van der Waals surface area contributed by atoms with E-state index in [9.17, 15) is 8.42 Å². The maximum Gasteiger partial charge on any atom is 0.193 e. The van der Waals surface area contributed by atoms with Crippen molar-refractivity contribution in [2.24, 2.45) is 4.99 Å². The first kappa shape index (κ1) is 17.8. The highest BCUT2D eigenvalue weighted by Crippen LogP contribution is 2.23. The van der Waals surface area contributed by atoms with Crippen molar-refractivity contribution < 1.29 is 8.42 Å². The largest absolute Gasteiger partial charge is 0.356 e. The molecule has 0 spiro atoms. The third-order valence-electron chi connectivity index (χ3n) is 4.37. The van der Waals surface area contributed by atoms with Crippen LogP contribution < -0.4 is 5.32 Å². The predicted molar refractivity (Wildman–Crippen MR) is 95.7 cm³/mol. The van der Waals surface area contributed by atoms with Gasteiger partial charge in [-0.1, -0.05) is 29.8 Å². The van der Waals surface area contributed by atoms with Gasteiger partial charge in [0.2, 0.25) is 0 Å². The van der Waals surface area contributed by atoms with Crippen molar-refractivity contribution in [2.45, 2.75) is 31.9 Å². The molecule has 1 aromatic carbocycles. The molecule has 6 heteroatoms. The Labute approximate surface area is 139 Å². The van der Waals surface area contributed by atoms with Gasteiger partial charge in [0.25, 0.3) is 0 Å². The summed E-state index contributed by atoms with van der Waals surface area (Å²) in [6, 6.07) is 8.50. The molecule has 0 atom stereocenters. The lowest BCUT2D eigenvalue weighted by atomic mass is 10.1. The molecule has 1 aliphatic rings. The van der Waals surface area contributed by atoms with Crippen LogP contribution in [0, 0.1) is 6.92 Å². The van der Waals surface area contributed by atoms with Crippen LogP contribution in [0.15, 0.2) is 29.3 Å². The highest BCUT2D eigenvalue weighted by Gasteiger charge is 2.40. The zero-order valence-electron chi connectivity index (χ0n) is 14.5. The van der Waals surface area contributed by atoms with Crippen molar-refractivity contribution in [3.05, 3.63) is 35.4 Å². The molecule has 0 unspecified atom stereocenters. The first-order valence-electron chi connectivity index (χ1n) is 7.99. The smallest absolute Gasteiger partial charge is 0.193 e. The first-order chi connectivity index (χ1) is 10.7. The van der Waals surface area contributed by atoms with E-state index in [1.807, 2.05) is 4.90 Å². The molecule has 2 rings (SSSR count). The van der Waals surface area contributed by atoms with Crippen molar-refractivity contribution in [2.75, 3.05) is 32.4 Å². The number of aryl methyl sites for hydroxylation is 1. The normalized spacial score (nSPS) is 20.3. The van der Waals surface area contributed by atoms with Gasteiger partial charge in [-0.15, -0.1) is 0 Å². The zero-order valence-corrected chi connectivity index (χ0v) is 15.3. The van der Waals surface area contributed by atoms with Gasteiger partial charge in [0.05, 0.1) is 10.5 Å². The highest BCUT2D eigenvalue weighted by atomic mass is 32.2. The van der Waals surface area contributed by atoms with Gasteiger partial charge in [0.15, 0.2) is 15.8 Å². The summed E-state index contributed by atoms with van der Waals surface area (Å²) in [6.45, 7) is 7.40. The van der Waals surface area contributed by atoms with Crippen LogP contribution in [-0.2, 0) is 16.3 Å². The number of nitrogens with one attached hydrogen (secondary N) is 1. The van der Waals surface area contributed by atoms with E-state index in [1.54, 1.807) is 20.9 Å².